The summed E-state index contributed by atoms with van der Waals surface area (Å²) in [6.45, 7) is 0.542. The Bertz CT molecular complexity index is 361. The summed E-state index contributed by atoms with van der Waals surface area (Å²) in [4.78, 5) is 1.09. The number of hydrogen-bond donors (Lipinski definition) is 2. The van der Waals surface area contributed by atoms with Crippen LogP contribution in [0.1, 0.15) is 38.5 Å². The van der Waals surface area contributed by atoms with E-state index in [2.05, 4.69) is 5.16 Å². The van der Waals surface area contributed by atoms with Gasteiger partial charge in [0.25, 0.3) is 6.73 Å². The highest BCUT2D eigenvalue weighted by Gasteiger charge is 2.27. The van der Waals surface area contributed by atoms with Crippen molar-refractivity contribution < 1.29 is 31.8 Å². The van der Waals surface area contributed by atoms with Gasteiger partial charge in [0, 0.05) is 0 Å². The summed E-state index contributed by atoms with van der Waals surface area (Å²) in [6.07, 6.45) is 13.4. The van der Waals surface area contributed by atoms with E-state index in [1.165, 1.54) is 44.7 Å². The first-order valence-corrected chi connectivity index (χ1v) is 6.76. The average Bonchev–Trinajstić information content (AvgIpc) is 2.59. The smallest absolute Gasteiger partial charge is 0.396 e. The lowest BCUT2D eigenvalue weighted by Crippen LogP contribution is -3.07. The highest BCUT2D eigenvalue weighted by molar-refractivity contribution is 6.22. The third-order valence-electron chi connectivity index (χ3n) is 3.65. The van der Waals surface area contributed by atoms with Gasteiger partial charge in [0.05, 0.1) is 13.2 Å². The van der Waals surface area contributed by atoms with Gasteiger partial charge in [-0.05, 0) is 12.8 Å². The summed E-state index contributed by atoms with van der Waals surface area (Å²) < 4.78 is 7.96. The Labute approximate surface area is 120 Å². The van der Waals surface area contributed by atoms with E-state index < -0.39 is 0 Å². The Hall–Kier alpha value is -0.910. The van der Waals surface area contributed by atoms with Crippen LogP contribution in [0.3, 0.4) is 0 Å². The van der Waals surface area contributed by atoms with E-state index in [0.29, 0.717) is 12.8 Å². The maximum Gasteiger partial charge on any atom is 0.396 e. The second-order valence-corrected chi connectivity index (χ2v) is 5.01. The number of nitrogens with one attached hydrogen (secondary N) is 1. The Balaban J connectivity index is 0.00000180. The van der Waals surface area contributed by atoms with Crippen LogP contribution >= 0.6 is 0 Å². The summed E-state index contributed by atoms with van der Waals surface area (Å²) >= 11 is 0. The number of halogens is 1. The van der Waals surface area contributed by atoms with Gasteiger partial charge in [-0.3, -0.25) is 0 Å². The summed E-state index contributed by atoms with van der Waals surface area (Å²) in [5, 5.41) is 11.8. The molecule has 108 valence electrons. The Kier molecular flexibility index (Phi) is 7.05. The number of hydrogen-bond acceptors (Lipinski definition) is 3. The van der Waals surface area contributed by atoms with Gasteiger partial charge < -0.3 is 22.4 Å². The van der Waals surface area contributed by atoms with E-state index in [1.807, 2.05) is 24.0 Å². The van der Waals surface area contributed by atoms with Crippen molar-refractivity contribution in [3.63, 3.8) is 0 Å². The van der Waals surface area contributed by atoms with E-state index in [-0.39, 0.29) is 12.4 Å². The number of amidine groups is 1. The molecule has 1 aliphatic heterocycles. The van der Waals surface area contributed by atoms with Crippen molar-refractivity contribution in [3.05, 3.63) is 12.4 Å². The molecule has 2 N–H and O–H groups in total. The lowest BCUT2D eigenvalue weighted by atomic mass is 10.2. The van der Waals surface area contributed by atoms with Gasteiger partial charge in [-0.1, -0.05) is 30.8 Å². The molecular weight excluding hydrogens is 266 g/mol. The molecule has 0 aromatic rings. The SMILES string of the molecule is C[NH+]1C=C[N+](COC2CCCCCC2)=C1/C=N/O.[Cl-]. The third kappa shape index (κ3) is 4.60. The van der Waals surface area contributed by atoms with Gasteiger partial charge in [-0.2, -0.15) is 0 Å². The Morgan fingerprint density at radius 3 is 2.74 bits per heavy atom. The van der Waals surface area contributed by atoms with Crippen molar-refractivity contribution in [1.82, 2.24) is 0 Å². The van der Waals surface area contributed by atoms with Gasteiger partial charge in [-0.15, -0.1) is 4.58 Å². The molecule has 1 fully saturated rings. The van der Waals surface area contributed by atoms with E-state index in [0.717, 1.165) is 10.7 Å². The predicted octanol–water partition coefficient (Wildman–Crippen LogP) is -2.44. The van der Waals surface area contributed by atoms with Crippen LogP contribution in [-0.4, -0.2) is 41.7 Å². The van der Waals surface area contributed by atoms with Crippen molar-refractivity contribution >= 4 is 12.1 Å². The van der Waals surface area contributed by atoms with Crippen LogP contribution < -0.4 is 17.3 Å². The van der Waals surface area contributed by atoms with E-state index in [9.17, 15) is 0 Å². The molecule has 1 aliphatic carbocycles. The lowest BCUT2D eigenvalue weighted by Gasteiger charge is -2.12. The van der Waals surface area contributed by atoms with Crippen LogP contribution in [0.4, 0.5) is 0 Å². The van der Waals surface area contributed by atoms with E-state index in [4.69, 9.17) is 9.94 Å². The van der Waals surface area contributed by atoms with Crippen LogP contribution in [0.5, 0.6) is 0 Å². The van der Waals surface area contributed by atoms with Crippen LogP contribution in [0, 0.1) is 0 Å². The molecule has 0 radical (unpaired) electrons. The second-order valence-electron chi connectivity index (χ2n) is 5.01. The number of nitrogens with zero attached hydrogens (tertiary/aromatic N) is 2. The molecule has 6 heteroatoms. The molecular formula is C13H23ClN3O2+. The van der Waals surface area contributed by atoms with Crippen LogP contribution in [0.25, 0.3) is 0 Å². The topological polar surface area (TPSA) is 49.3 Å². The zero-order valence-electron chi connectivity index (χ0n) is 11.4. The maximum absolute atomic E-state index is 8.66. The first kappa shape index (κ1) is 16.1. The van der Waals surface area contributed by atoms with E-state index >= 15 is 0 Å². The molecule has 1 heterocycles. The highest BCUT2D eigenvalue weighted by atomic mass is 35.5. The fourth-order valence-electron chi connectivity index (χ4n) is 2.53. The van der Waals surface area contributed by atoms with Crippen molar-refractivity contribution in [2.75, 3.05) is 13.8 Å². The molecule has 2 rings (SSSR count). The second kappa shape index (κ2) is 8.30. The molecule has 1 atom stereocenters. The van der Waals surface area contributed by atoms with Crippen molar-refractivity contribution in [1.29, 1.82) is 0 Å². The van der Waals surface area contributed by atoms with Crippen molar-refractivity contribution in [3.8, 4) is 0 Å². The summed E-state index contributed by atoms with van der Waals surface area (Å²) in [5.41, 5.74) is 0. The van der Waals surface area contributed by atoms with Crippen LogP contribution in [-0.2, 0) is 4.74 Å². The highest BCUT2D eigenvalue weighted by Crippen LogP contribution is 2.19. The first-order valence-electron chi connectivity index (χ1n) is 6.76. The van der Waals surface area contributed by atoms with Crippen molar-refractivity contribution in [2.24, 2.45) is 5.16 Å². The minimum atomic E-state index is 0. The zero-order valence-corrected chi connectivity index (χ0v) is 12.1. The molecule has 0 spiro atoms. The fraction of sp³-hybridized carbons (Fsp3) is 0.692. The maximum atomic E-state index is 8.66. The molecule has 0 saturated heterocycles. The van der Waals surface area contributed by atoms with Gasteiger partial charge in [-0.25, -0.2) is 4.90 Å². The summed E-state index contributed by atoms with van der Waals surface area (Å²) in [5.74, 6) is 0.908. The molecule has 1 unspecified atom stereocenters. The van der Waals surface area contributed by atoms with Gasteiger partial charge in [0.2, 0.25) is 6.20 Å². The number of ether oxygens (including phenoxy) is 1. The molecule has 0 aromatic heterocycles. The van der Waals surface area contributed by atoms with Gasteiger partial charge in [0.15, 0.2) is 12.4 Å². The summed E-state index contributed by atoms with van der Waals surface area (Å²) in [7, 11) is 2.00. The normalized spacial score (nSPS) is 24.8. The Morgan fingerprint density at radius 2 is 2.11 bits per heavy atom. The molecule has 2 aliphatic rings. The molecule has 1 saturated carbocycles. The zero-order chi connectivity index (χ0) is 12.8. The minimum Gasteiger partial charge on any atom is -1.00 e. The fourth-order valence-corrected chi connectivity index (χ4v) is 2.53. The molecule has 19 heavy (non-hydrogen) atoms. The average molecular weight is 289 g/mol. The number of quaternary nitrogens is 1. The van der Waals surface area contributed by atoms with Gasteiger partial charge >= 0.3 is 5.84 Å². The van der Waals surface area contributed by atoms with E-state index in [1.54, 1.807) is 0 Å². The van der Waals surface area contributed by atoms with Gasteiger partial charge in [0.1, 0.15) is 0 Å². The minimum absolute atomic E-state index is 0. The molecule has 0 amide bonds. The number of oxime groups is 1. The van der Waals surface area contributed by atoms with Crippen LogP contribution in [0.15, 0.2) is 17.6 Å². The third-order valence-corrected chi connectivity index (χ3v) is 3.65. The largest absolute Gasteiger partial charge is 1.00 e. The Morgan fingerprint density at radius 1 is 1.42 bits per heavy atom. The lowest BCUT2D eigenvalue weighted by molar-refractivity contribution is -0.733. The molecule has 0 bridgehead atoms. The standard InChI is InChI=1S/C13H21N3O2.ClH/c1-15-8-9-16(13(15)10-14-17)11-18-12-6-4-2-3-5-7-12;/h8-10,12H,2-7,11H2,1H3;1H/p+1. The molecule has 5 nitrogen and oxygen atoms in total. The van der Waals surface area contributed by atoms with Crippen LogP contribution in [0.2, 0.25) is 0 Å². The summed E-state index contributed by atoms with van der Waals surface area (Å²) in [6, 6.07) is 0. The predicted molar refractivity (Wildman–Crippen MR) is 69.0 cm³/mol. The monoisotopic (exact) mass is 288 g/mol. The molecule has 0 aromatic carbocycles. The van der Waals surface area contributed by atoms with Crippen molar-refractivity contribution in [2.45, 2.75) is 44.6 Å². The number of rotatable bonds is 4. The quantitative estimate of drug-likeness (QED) is 0.199. The first-order chi connectivity index (χ1) is 8.81.